The Morgan fingerprint density at radius 1 is 1.21 bits per heavy atom. The van der Waals surface area contributed by atoms with Crippen LogP contribution in [0.5, 0.6) is 0 Å². The Kier molecular flexibility index (Phi) is 6.16. The van der Waals surface area contributed by atoms with Gasteiger partial charge in [-0.25, -0.2) is 4.79 Å². The van der Waals surface area contributed by atoms with Crippen LogP contribution in [0.1, 0.15) is 32.6 Å². The lowest BCUT2D eigenvalue weighted by Crippen LogP contribution is -2.30. The largest absolute Gasteiger partial charge is 0.459 e. The molecule has 0 saturated heterocycles. The number of amides is 1. The Hall–Kier alpha value is -2.64. The number of thiophene rings is 1. The highest BCUT2D eigenvalue weighted by atomic mass is 35.5. The van der Waals surface area contributed by atoms with Gasteiger partial charge in [0, 0.05) is 26.9 Å². The number of halogens is 1. The van der Waals surface area contributed by atoms with Gasteiger partial charge in [-0.1, -0.05) is 18.5 Å². The lowest BCUT2D eigenvalue weighted by molar-refractivity contribution is -0.143. The summed E-state index contributed by atoms with van der Waals surface area (Å²) in [4.78, 5) is 37.3. The van der Waals surface area contributed by atoms with Crippen molar-refractivity contribution in [1.29, 1.82) is 0 Å². The summed E-state index contributed by atoms with van der Waals surface area (Å²) in [7, 11) is 0. The third kappa shape index (κ3) is 4.61. The number of carbonyl (C=O) groups excluding carboxylic acids is 2. The van der Waals surface area contributed by atoms with Crippen LogP contribution in [0.15, 0.2) is 39.5 Å². The van der Waals surface area contributed by atoms with Crippen LogP contribution in [0.2, 0.25) is 5.02 Å². The zero-order valence-corrected chi connectivity index (χ0v) is 16.9. The van der Waals surface area contributed by atoms with E-state index in [1.807, 2.05) is 19.9 Å². The minimum atomic E-state index is -0.612. The van der Waals surface area contributed by atoms with Crippen molar-refractivity contribution < 1.29 is 18.7 Å². The summed E-state index contributed by atoms with van der Waals surface area (Å²) in [6.45, 7) is 3.45. The van der Waals surface area contributed by atoms with Gasteiger partial charge in [0.05, 0.1) is 4.88 Å². The van der Waals surface area contributed by atoms with Crippen molar-refractivity contribution in [2.45, 2.75) is 26.9 Å². The smallest absolute Gasteiger partial charge is 0.336 e. The standard InChI is InChI=1S/C20H18ClNO5S/c1-3-12-6-16-14(8-15(12)21)13(7-18(23)27-16)10-26-19(24)9-22-20(25)17-5-4-11(2)28-17/h4-8H,3,9-10H2,1-2H3,(H,22,25). The Balaban J connectivity index is 1.67. The molecule has 0 atom stereocenters. The van der Waals surface area contributed by atoms with Crippen molar-refractivity contribution in [3.8, 4) is 0 Å². The first-order valence-corrected chi connectivity index (χ1v) is 9.82. The SMILES string of the molecule is CCc1cc2oc(=O)cc(COC(=O)CNC(=O)c3ccc(C)s3)c2cc1Cl. The number of ether oxygens (including phenoxy) is 1. The van der Waals surface area contributed by atoms with Gasteiger partial charge >= 0.3 is 11.6 Å². The topological polar surface area (TPSA) is 85.6 Å². The summed E-state index contributed by atoms with van der Waals surface area (Å²) < 4.78 is 10.4. The van der Waals surface area contributed by atoms with E-state index in [1.165, 1.54) is 17.4 Å². The molecule has 2 aromatic heterocycles. The molecule has 28 heavy (non-hydrogen) atoms. The van der Waals surface area contributed by atoms with Gasteiger partial charge in [-0.2, -0.15) is 0 Å². The second-order valence-corrected chi connectivity index (χ2v) is 7.83. The predicted octanol–water partition coefficient (Wildman–Crippen LogP) is 3.85. The summed E-state index contributed by atoms with van der Waals surface area (Å²) in [5.41, 5.74) is 1.20. The molecule has 1 aromatic carbocycles. The number of fused-ring (bicyclic) bond motifs is 1. The molecule has 3 aromatic rings. The number of rotatable bonds is 6. The highest BCUT2D eigenvalue weighted by Gasteiger charge is 2.13. The number of aryl methyl sites for hydroxylation is 2. The number of nitrogens with one attached hydrogen (secondary N) is 1. The van der Waals surface area contributed by atoms with Gasteiger partial charge in [0.1, 0.15) is 18.7 Å². The molecule has 1 amide bonds. The molecule has 3 rings (SSSR count). The van der Waals surface area contributed by atoms with Gasteiger partial charge in [-0.15, -0.1) is 11.3 Å². The van der Waals surface area contributed by atoms with E-state index in [1.54, 1.807) is 18.2 Å². The molecular weight excluding hydrogens is 402 g/mol. The van der Waals surface area contributed by atoms with Crippen molar-refractivity contribution in [2.75, 3.05) is 6.54 Å². The molecule has 0 fully saturated rings. The van der Waals surface area contributed by atoms with Crippen molar-refractivity contribution in [3.05, 3.63) is 66.7 Å². The van der Waals surface area contributed by atoms with Crippen molar-refractivity contribution in [2.24, 2.45) is 0 Å². The van der Waals surface area contributed by atoms with Crippen LogP contribution < -0.4 is 10.9 Å². The van der Waals surface area contributed by atoms with Gasteiger partial charge in [0.25, 0.3) is 5.91 Å². The molecule has 2 heterocycles. The molecule has 1 N–H and O–H groups in total. The lowest BCUT2D eigenvalue weighted by atomic mass is 10.1. The van der Waals surface area contributed by atoms with Crippen LogP contribution in [0.25, 0.3) is 11.0 Å². The number of hydrogen-bond donors (Lipinski definition) is 1. The van der Waals surface area contributed by atoms with Gasteiger partial charge in [-0.05, 0) is 43.2 Å². The summed E-state index contributed by atoms with van der Waals surface area (Å²) in [5, 5.41) is 3.67. The van der Waals surface area contributed by atoms with E-state index >= 15 is 0 Å². The summed E-state index contributed by atoms with van der Waals surface area (Å²) in [6, 6.07) is 8.21. The Labute approximate surface area is 170 Å². The molecule has 6 nitrogen and oxygen atoms in total. The maximum Gasteiger partial charge on any atom is 0.336 e. The van der Waals surface area contributed by atoms with Crippen molar-refractivity contribution in [3.63, 3.8) is 0 Å². The quantitative estimate of drug-likeness (QED) is 0.484. The predicted molar refractivity (Wildman–Crippen MR) is 108 cm³/mol. The van der Waals surface area contributed by atoms with Crippen LogP contribution in [0.4, 0.5) is 0 Å². The Morgan fingerprint density at radius 3 is 2.68 bits per heavy atom. The van der Waals surface area contributed by atoms with E-state index in [4.69, 9.17) is 20.8 Å². The molecule has 0 radical (unpaired) electrons. The van der Waals surface area contributed by atoms with Gasteiger partial charge in [0.15, 0.2) is 0 Å². The Bertz CT molecular complexity index is 1100. The lowest BCUT2D eigenvalue weighted by Gasteiger charge is -2.09. The first-order valence-electron chi connectivity index (χ1n) is 8.62. The van der Waals surface area contributed by atoms with Crippen LogP contribution in [0.3, 0.4) is 0 Å². The molecule has 8 heteroatoms. The number of esters is 1. The van der Waals surface area contributed by atoms with Gasteiger partial charge in [-0.3, -0.25) is 9.59 Å². The highest BCUT2D eigenvalue weighted by molar-refractivity contribution is 7.13. The van der Waals surface area contributed by atoms with E-state index in [-0.39, 0.29) is 19.1 Å². The average Bonchev–Trinajstić information content (AvgIpc) is 3.10. The zero-order valence-electron chi connectivity index (χ0n) is 15.3. The van der Waals surface area contributed by atoms with Crippen molar-refractivity contribution in [1.82, 2.24) is 5.32 Å². The molecule has 0 aliphatic heterocycles. The fourth-order valence-corrected chi connectivity index (χ4v) is 3.77. The molecule has 0 aliphatic rings. The fourth-order valence-electron chi connectivity index (χ4n) is 2.68. The van der Waals surface area contributed by atoms with Crippen molar-refractivity contribution >= 4 is 45.8 Å². The molecule has 0 unspecified atom stereocenters. The number of carbonyl (C=O) groups is 2. The summed E-state index contributed by atoms with van der Waals surface area (Å²) in [6.07, 6.45) is 0.696. The molecule has 0 aliphatic carbocycles. The maximum atomic E-state index is 12.0. The third-order valence-corrected chi connectivity index (χ3v) is 5.48. The molecule has 0 saturated carbocycles. The normalized spacial score (nSPS) is 10.8. The second-order valence-electron chi connectivity index (χ2n) is 6.14. The van der Waals surface area contributed by atoms with E-state index in [2.05, 4.69) is 5.32 Å². The van der Waals surface area contributed by atoms with E-state index in [0.29, 0.717) is 32.9 Å². The monoisotopic (exact) mass is 419 g/mol. The van der Waals surface area contributed by atoms with Crippen LogP contribution in [-0.2, 0) is 22.6 Å². The van der Waals surface area contributed by atoms with E-state index < -0.39 is 11.6 Å². The van der Waals surface area contributed by atoms with Crippen LogP contribution in [0, 0.1) is 6.92 Å². The first-order chi connectivity index (χ1) is 13.4. The minimum absolute atomic E-state index is 0.128. The minimum Gasteiger partial charge on any atom is -0.459 e. The maximum absolute atomic E-state index is 12.0. The first kappa shape index (κ1) is 20.1. The van der Waals surface area contributed by atoms with Gasteiger partial charge in [0.2, 0.25) is 0 Å². The average molecular weight is 420 g/mol. The third-order valence-electron chi connectivity index (χ3n) is 4.12. The molecule has 0 spiro atoms. The highest BCUT2D eigenvalue weighted by Crippen LogP contribution is 2.26. The molecular formula is C20H18ClNO5S. The molecule has 0 bridgehead atoms. The second kappa shape index (κ2) is 8.58. The van der Waals surface area contributed by atoms with Crippen LogP contribution in [-0.4, -0.2) is 18.4 Å². The number of benzene rings is 1. The molecule has 146 valence electrons. The Morgan fingerprint density at radius 2 is 2.00 bits per heavy atom. The van der Waals surface area contributed by atoms with Gasteiger partial charge < -0.3 is 14.5 Å². The number of hydrogen-bond acceptors (Lipinski definition) is 6. The van der Waals surface area contributed by atoms with E-state index in [9.17, 15) is 14.4 Å². The van der Waals surface area contributed by atoms with Crippen LogP contribution >= 0.6 is 22.9 Å². The summed E-state index contributed by atoms with van der Waals surface area (Å²) >= 11 is 7.59. The van der Waals surface area contributed by atoms with E-state index in [0.717, 1.165) is 10.4 Å². The summed E-state index contributed by atoms with van der Waals surface area (Å²) in [5.74, 6) is -0.945. The fraction of sp³-hybridized carbons (Fsp3) is 0.250. The zero-order chi connectivity index (χ0) is 20.3.